The number of aromatic nitrogens is 1. The number of rotatable bonds is 8. The molecule has 1 saturated heterocycles. The predicted molar refractivity (Wildman–Crippen MR) is 122 cm³/mol. The molecule has 2 heterocycles. The minimum Gasteiger partial charge on any atom is -0.494 e. The maximum Gasteiger partial charge on any atom is 0.227 e. The van der Waals surface area contributed by atoms with Crippen molar-refractivity contribution in [3.63, 3.8) is 0 Å². The van der Waals surface area contributed by atoms with Gasteiger partial charge in [-0.1, -0.05) is 29.4 Å². The van der Waals surface area contributed by atoms with Gasteiger partial charge in [0.2, 0.25) is 5.91 Å². The second kappa shape index (κ2) is 9.90. The van der Waals surface area contributed by atoms with Crippen LogP contribution in [0, 0.1) is 13.8 Å². The SMILES string of the molecule is CCOc1ccc(C2CCCN2C(=O)Cc2ccc(OCc3c(C)noc3C)cc2)cc1. The first-order valence-electron chi connectivity index (χ1n) is 11.2. The van der Waals surface area contributed by atoms with E-state index < -0.39 is 0 Å². The third-order valence-corrected chi connectivity index (χ3v) is 5.99. The fourth-order valence-electron chi connectivity index (χ4n) is 4.21. The normalized spacial score (nSPS) is 15.7. The summed E-state index contributed by atoms with van der Waals surface area (Å²) >= 11 is 0. The van der Waals surface area contributed by atoms with Crippen molar-refractivity contribution in [2.24, 2.45) is 0 Å². The molecule has 0 aliphatic carbocycles. The van der Waals surface area contributed by atoms with Gasteiger partial charge >= 0.3 is 0 Å². The van der Waals surface area contributed by atoms with Crippen LogP contribution in [-0.2, 0) is 17.8 Å². The van der Waals surface area contributed by atoms with Crippen LogP contribution in [0.2, 0.25) is 0 Å². The van der Waals surface area contributed by atoms with Crippen molar-refractivity contribution in [1.29, 1.82) is 0 Å². The minimum absolute atomic E-state index is 0.135. The van der Waals surface area contributed by atoms with Crippen LogP contribution in [0.3, 0.4) is 0 Å². The van der Waals surface area contributed by atoms with Gasteiger partial charge in [0.15, 0.2) is 0 Å². The zero-order valence-electron chi connectivity index (χ0n) is 19.0. The molecule has 2 aromatic carbocycles. The number of carbonyl (C=O) groups is 1. The first-order valence-corrected chi connectivity index (χ1v) is 11.2. The molecule has 1 aliphatic heterocycles. The van der Waals surface area contributed by atoms with E-state index >= 15 is 0 Å². The van der Waals surface area contributed by atoms with Crippen LogP contribution in [0.15, 0.2) is 53.1 Å². The Balaban J connectivity index is 1.35. The van der Waals surface area contributed by atoms with Gasteiger partial charge in [0.25, 0.3) is 0 Å². The van der Waals surface area contributed by atoms with Crippen molar-refractivity contribution in [3.05, 3.63) is 76.7 Å². The van der Waals surface area contributed by atoms with Crippen LogP contribution < -0.4 is 9.47 Å². The lowest BCUT2D eigenvalue weighted by atomic mass is 10.0. The number of ether oxygens (including phenoxy) is 2. The summed E-state index contributed by atoms with van der Waals surface area (Å²) in [7, 11) is 0. The average Bonchev–Trinajstić information content (AvgIpc) is 3.41. The van der Waals surface area contributed by atoms with Gasteiger partial charge in [-0.15, -0.1) is 0 Å². The third kappa shape index (κ3) is 4.96. The standard InChI is InChI=1S/C26H30N2O4/c1-4-30-22-13-9-21(10-14-22)25-6-5-15-28(25)26(29)16-20-7-11-23(12-8-20)31-17-24-18(2)27-32-19(24)3/h7-14,25H,4-6,15-17H2,1-3H3. The number of nitrogens with zero attached hydrogens (tertiary/aromatic N) is 2. The van der Waals surface area contributed by atoms with Gasteiger partial charge in [0, 0.05) is 6.54 Å². The average molecular weight is 435 g/mol. The molecule has 1 unspecified atom stereocenters. The molecule has 0 radical (unpaired) electrons. The van der Waals surface area contributed by atoms with Crippen molar-refractivity contribution in [2.45, 2.75) is 52.7 Å². The van der Waals surface area contributed by atoms with Crippen molar-refractivity contribution < 1.29 is 18.8 Å². The van der Waals surface area contributed by atoms with Gasteiger partial charge in [-0.3, -0.25) is 4.79 Å². The molecule has 1 aliphatic rings. The maximum absolute atomic E-state index is 13.1. The van der Waals surface area contributed by atoms with Gasteiger partial charge in [0.05, 0.1) is 30.3 Å². The van der Waals surface area contributed by atoms with Crippen LogP contribution >= 0.6 is 0 Å². The second-order valence-electron chi connectivity index (χ2n) is 8.16. The molecular weight excluding hydrogens is 404 g/mol. The van der Waals surface area contributed by atoms with Crippen LogP contribution in [-0.4, -0.2) is 29.1 Å². The van der Waals surface area contributed by atoms with Crippen LogP contribution in [0.5, 0.6) is 11.5 Å². The molecule has 6 nitrogen and oxygen atoms in total. The Labute approximate surface area is 189 Å². The van der Waals surface area contributed by atoms with Crippen molar-refractivity contribution in [2.75, 3.05) is 13.2 Å². The van der Waals surface area contributed by atoms with Crippen LogP contribution in [0.25, 0.3) is 0 Å². The number of likely N-dealkylation sites (tertiary alicyclic amines) is 1. The van der Waals surface area contributed by atoms with E-state index in [0.717, 1.165) is 53.5 Å². The molecule has 1 atom stereocenters. The number of aryl methyl sites for hydroxylation is 2. The molecule has 1 aromatic heterocycles. The van der Waals surface area contributed by atoms with E-state index in [1.54, 1.807) is 0 Å². The largest absolute Gasteiger partial charge is 0.494 e. The number of carbonyl (C=O) groups excluding carboxylic acids is 1. The molecule has 168 valence electrons. The fraction of sp³-hybridized carbons (Fsp3) is 0.385. The highest BCUT2D eigenvalue weighted by Crippen LogP contribution is 2.33. The number of hydrogen-bond acceptors (Lipinski definition) is 5. The van der Waals surface area contributed by atoms with E-state index in [0.29, 0.717) is 19.6 Å². The highest BCUT2D eigenvalue weighted by molar-refractivity contribution is 5.79. The smallest absolute Gasteiger partial charge is 0.227 e. The van der Waals surface area contributed by atoms with Gasteiger partial charge in [-0.2, -0.15) is 0 Å². The molecule has 32 heavy (non-hydrogen) atoms. The summed E-state index contributed by atoms with van der Waals surface area (Å²) in [5, 5.41) is 3.95. The van der Waals surface area contributed by atoms with E-state index in [-0.39, 0.29) is 11.9 Å². The van der Waals surface area contributed by atoms with Crippen molar-refractivity contribution >= 4 is 5.91 Å². The maximum atomic E-state index is 13.1. The first kappa shape index (κ1) is 21.9. The zero-order chi connectivity index (χ0) is 22.5. The van der Waals surface area contributed by atoms with Gasteiger partial charge < -0.3 is 18.9 Å². The third-order valence-electron chi connectivity index (χ3n) is 5.99. The topological polar surface area (TPSA) is 64.8 Å². The van der Waals surface area contributed by atoms with E-state index in [1.165, 1.54) is 5.56 Å². The van der Waals surface area contributed by atoms with Gasteiger partial charge in [-0.25, -0.2) is 0 Å². The van der Waals surface area contributed by atoms with Gasteiger partial charge in [0.1, 0.15) is 23.9 Å². The lowest BCUT2D eigenvalue weighted by Gasteiger charge is -2.25. The van der Waals surface area contributed by atoms with Crippen molar-refractivity contribution in [1.82, 2.24) is 10.1 Å². The highest BCUT2D eigenvalue weighted by atomic mass is 16.5. The van der Waals surface area contributed by atoms with E-state index in [2.05, 4.69) is 17.3 Å². The molecule has 4 rings (SSSR count). The molecule has 1 amide bonds. The van der Waals surface area contributed by atoms with Crippen LogP contribution in [0.4, 0.5) is 0 Å². The first-order chi connectivity index (χ1) is 15.5. The molecule has 0 bridgehead atoms. The molecule has 3 aromatic rings. The second-order valence-corrected chi connectivity index (χ2v) is 8.16. The summed E-state index contributed by atoms with van der Waals surface area (Å²) in [4.78, 5) is 15.1. The Morgan fingerprint density at radius 2 is 1.75 bits per heavy atom. The highest BCUT2D eigenvalue weighted by Gasteiger charge is 2.29. The predicted octanol–water partition coefficient (Wildman–Crippen LogP) is 5.18. The lowest BCUT2D eigenvalue weighted by Crippen LogP contribution is -2.31. The summed E-state index contributed by atoms with van der Waals surface area (Å²) in [6.07, 6.45) is 2.41. The molecule has 6 heteroatoms. The van der Waals surface area contributed by atoms with Gasteiger partial charge in [-0.05, 0) is 69.0 Å². The molecule has 0 saturated carbocycles. The molecule has 0 N–H and O–H groups in total. The summed E-state index contributed by atoms with van der Waals surface area (Å²) in [6, 6.07) is 16.0. The zero-order valence-corrected chi connectivity index (χ0v) is 19.0. The summed E-state index contributed by atoms with van der Waals surface area (Å²) < 4.78 is 16.6. The van der Waals surface area contributed by atoms with E-state index in [1.807, 2.05) is 62.1 Å². The molecule has 0 spiro atoms. The van der Waals surface area contributed by atoms with E-state index in [9.17, 15) is 4.79 Å². The summed E-state index contributed by atoms with van der Waals surface area (Å²) in [6.45, 7) is 7.63. The number of benzene rings is 2. The Hall–Kier alpha value is -3.28. The Morgan fingerprint density at radius 1 is 1.06 bits per heavy atom. The Morgan fingerprint density at radius 3 is 2.41 bits per heavy atom. The fourth-order valence-corrected chi connectivity index (χ4v) is 4.21. The monoisotopic (exact) mass is 434 g/mol. The number of hydrogen-bond donors (Lipinski definition) is 0. The summed E-state index contributed by atoms with van der Waals surface area (Å²) in [5.74, 6) is 2.56. The van der Waals surface area contributed by atoms with Crippen LogP contribution in [0.1, 0.15) is 54.0 Å². The quantitative estimate of drug-likeness (QED) is 0.489. The molecule has 1 fully saturated rings. The Bertz CT molecular complexity index is 1020. The van der Waals surface area contributed by atoms with Crippen molar-refractivity contribution in [3.8, 4) is 11.5 Å². The minimum atomic E-state index is 0.135. The summed E-state index contributed by atoms with van der Waals surface area (Å²) in [5.41, 5.74) is 3.97. The molecular formula is C26H30N2O4. The van der Waals surface area contributed by atoms with E-state index in [4.69, 9.17) is 14.0 Å². The number of amides is 1. The Kier molecular flexibility index (Phi) is 6.78. The lowest BCUT2D eigenvalue weighted by molar-refractivity contribution is -0.131.